The summed E-state index contributed by atoms with van der Waals surface area (Å²) in [5.41, 5.74) is 5.62. The summed E-state index contributed by atoms with van der Waals surface area (Å²) >= 11 is 0. The molecule has 186 valence electrons. The van der Waals surface area contributed by atoms with Gasteiger partial charge >= 0.3 is 12.1 Å². The van der Waals surface area contributed by atoms with Gasteiger partial charge in [0, 0.05) is 12.8 Å². The summed E-state index contributed by atoms with van der Waals surface area (Å²) in [6, 6.07) is -2.72. The number of amides is 2. The molecule has 9 heteroatoms. The van der Waals surface area contributed by atoms with Crippen molar-refractivity contribution in [3.63, 3.8) is 0 Å². The Labute approximate surface area is 193 Å². The summed E-state index contributed by atoms with van der Waals surface area (Å²) in [5.74, 6) is -0.991. The first-order valence-electron chi connectivity index (χ1n) is 11.1. The molecule has 0 rings (SSSR count). The van der Waals surface area contributed by atoms with E-state index >= 15 is 0 Å². The Morgan fingerprint density at radius 3 is 2.06 bits per heavy atom. The van der Waals surface area contributed by atoms with E-state index in [0.29, 0.717) is 12.8 Å². The molecule has 0 bridgehead atoms. The van der Waals surface area contributed by atoms with Gasteiger partial charge in [0.2, 0.25) is 5.91 Å². The molecule has 0 aromatic heterocycles. The molecular weight excluding hydrogens is 414 g/mol. The molecule has 0 aliphatic rings. The van der Waals surface area contributed by atoms with Gasteiger partial charge in [-0.15, -0.1) is 0 Å². The molecule has 2 amide bonds. The molecule has 0 fully saturated rings. The lowest BCUT2D eigenvalue weighted by atomic mass is 9.95. The highest BCUT2D eigenvalue weighted by Crippen LogP contribution is 2.25. The third-order valence-corrected chi connectivity index (χ3v) is 4.79. The number of methoxy groups -OCH3 is 2. The highest BCUT2D eigenvalue weighted by molar-refractivity contribution is 5.90. The van der Waals surface area contributed by atoms with E-state index in [0.717, 1.165) is 6.42 Å². The van der Waals surface area contributed by atoms with Crippen LogP contribution in [0.4, 0.5) is 4.79 Å². The van der Waals surface area contributed by atoms with Crippen molar-refractivity contribution < 1.29 is 28.6 Å². The van der Waals surface area contributed by atoms with Crippen LogP contribution in [-0.4, -0.2) is 66.9 Å². The van der Waals surface area contributed by atoms with Crippen LogP contribution in [0, 0.1) is 5.92 Å². The standard InChI is InChI=1S/C23H43N3O6/c1-11-12-18(30-9)19(21(28)31-10)26(17(15(4)24)13-14(2)3)20(27)16(5)25-22(29)32-23(6,7)8/h14,16-19H,4,11-13,24H2,1-3,5-10H3,(H,25,29)/t16-,17-,18?,19+/m0/s1. The highest BCUT2D eigenvalue weighted by atomic mass is 16.6. The van der Waals surface area contributed by atoms with Crippen molar-refractivity contribution in [2.75, 3.05) is 14.2 Å². The number of nitrogens with zero attached hydrogens (tertiary/aromatic N) is 1. The summed E-state index contributed by atoms with van der Waals surface area (Å²) < 4.78 is 15.9. The number of alkyl carbamates (subject to hydrolysis) is 1. The molecule has 9 nitrogen and oxygen atoms in total. The fourth-order valence-corrected chi connectivity index (χ4v) is 3.40. The predicted molar refractivity (Wildman–Crippen MR) is 124 cm³/mol. The van der Waals surface area contributed by atoms with Crippen molar-refractivity contribution in [2.45, 2.75) is 97.6 Å². The third kappa shape index (κ3) is 9.46. The number of nitrogens with one attached hydrogen (secondary N) is 1. The van der Waals surface area contributed by atoms with Crippen molar-refractivity contribution in [1.82, 2.24) is 10.2 Å². The molecule has 0 saturated heterocycles. The Kier molecular flexibility index (Phi) is 12.3. The van der Waals surface area contributed by atoms with Crippen LogP contribution < -0.4 is 11.1 Å². The minimum absolute atomic E-state index is 0.148. The van der Waals surface area contributed by atoms with Crippen molar-refractivity contribution in [2.24, 2.45) is 11.7 Å². The number of carbonyl (C=O) groups excluding carboxylic acids is 3. The first-order valence-corrected chi connectivity index (χ1v) is 11.1. The minimum atomic E-state index is -1.07. The average Bonchev–Trinajstić information content (AvgIpc) is 2.66. The molecule has 0 spiro atoms. The Balaban J connectivity index is 6.33. The second-order valence-corrected chi connectivity index (χ2v) is 9.36. The lowest BCUT2D eigenvalue weighted by Crippen LogP contribution is -2.61. The van der Waals surface area contributed by atoms with Gasteiger partial charge in [-0.3, -0.25) is 4.79 Å². The van der Waals surface area contributed by atoms with Crippen molar-refractivity contribution in [3.05, 3.63) is 12.3 Å². The van der Waals surface area contributed by atoms with Crippen LogP contribution >= 0.6 is 0 Å². The molecule has 0 heterocycles. The van der Waals surface area contributed by atoms with E-state index in [1.807, 2.05) is 20.8 Å². The van der Waals surface area contributed by atoms with Crippen LogP contribution in [0.3, 0.4) is 0 Å². The highest BCUT2D eigenvalue weighted by Gasteiger charge is 2.43. The molecule has 0 aliphatic heterocycles. The summed E-state index contributed by atoms with van der Waals surface area (Å²) in [5, 5.41) is 2.55. The van der Waals surface area contributed by atoms with E-state index < -0.39 is 47.8 Å². The zero-order chi connectivity index (χ0) is 25.2. The second kappa shape index (κ2) is 13.3. The number of hydrogen-bond donors (Lipinski definition) is 2. The molecule has 1 unspecified atom stereocenters. The Hall–Kier alpha value is -2.29. The number of carbonyl (C=O) groups is 3. The van der Waals surface area contributed by atoms with Gasteiger partial charge in [-0.25, -0.2) is 9.59 Å². The van der Waals surface area contributed by atoms with E-state index in [4.69, 9.17) is 19.9 Å². The van der Waals surface area contributed by atoms with Gasteiger partial charge in [-0.05, 0) is 46.5 Å². The molecule has 0 aliphatic carbocycles. The van der Waals surface area contributed by atoms with E-state index in [1.54, 1.807) is 20.8 Å². The van der Waals surface area contributed by atoms with Crippen molar-refractivity contribution >= 4 is 18.0 Å². The smallest absolute Gasteiger partial charge is 0.408 e. The largest absolute Gasteiger partial charge is 0.467 e. The number of esters is 1. The topological polar surface area (TPSA) is 120 Å². The van der Waals surface area contributed by atoms with Gasteiger partial charge in [0.05, 0.1) is 19.3 Å². The Morgan fingerprint density at radius 1 is 1.12 bits per heavy atom. The summed E-state index contributed by atoms with van der Waals surface area (Å²) in [4.78, 5) is 40.2. The maximum Gasteiger partial charge on any atom is 0.408 e. The number of ether oxygens (including phenoxy) is 3. The summed E-state index contributed by atoms with van der Waals surface area (Å²) in [6.45, 7) is 16.5. The van der Waals surface area contributed by atoms with Gasteiger partial charge in [0.25, 0.3) is 0 Å². The normalized spacial score (nSPS) is 15.3. The van der Waals surface area contributed by atoms with Crippen LogP contribution in [0.15, 0.2) is 12.3 Å². The number of rotatable bonds is 12. The zero-order valence-corrected chi connectivity index (χ0v) is 21.2. The summed E-state index contributed by atoms with van der Waals surface area (Å²) in [7, 11) is 2.74. The average molecular weight is 458 g/mol. The third-order valence-electron chi connectivity index (χ3n) is 4.79. The van der Waals surface area contributed by atoms with Crippen LogP contribution in [0.25, 0.3) is 0 Å². The van der Waals surface area contributed by atoms with Crippen LogP contribution in [-0.2, 0) is 23.8 Å². The number of nitrogens with two attached hydrogens (primary N) is 1. The first kappa shape index (κ1) is 29.7. The lowest BCUT2D eigenvalue weighted by Gasteiger charge is -2.41. The zero-order valence-electron chi connectivity index (χ0n) is 21.2. The predicted octanol–water partition coefficient (Wildman–Crippen LogP) is 2.97. The van der Waals surface area contributed by atoms with Gasteiger partial charge in [0.15, 0.2) is 6.04 Å². The van der Waals surface area contributed by atoms with Gasteiger partial charge < -0.3 is 30.2 Å². The fraction of sp³-hybridized carbons (Fsp3) is 0.783. The van der Waals surface area contributed by atoms with Crippen LogP contribution in [0.2, 0.25) is 0 Å². The quantitative estimate of drug-likeness (QED) is 0.432. The molecule has 0 radical (unpaired) electrons. The molecular formula is C23H43N3O6. The molecule has 32 heavy (non-hydrogen) atoms. The minimum Gasteiger partial charge on any atom is -0.467 e. The van der Waals surface area contributed by atoms with Crippen molar-refractivity contribution in [1.29, 1.82) is 0 Å². The summed E-state index contributed by atoms with van der Waals surface area (Å²) in [6.07, 6.45) is 0.337. The van der Waals surface area contributed by atoms with E-state index in [2.05, 4.69) is 11.9 Å². The molecule has 3 N–H and O–H groups in total. The lowest BCUT2D eigenvalue weighted by molar-refractivity contribution is -0.162. The van der Waals surface area contributed by atoms with Gasteiger partial charge in [-0.1, -0.05) is 33.8 Å². The molecule has 0 aromatic rings. The molecule has 0 aromatic carbocycles. The van der Waals surface area contributed by atoms with E-state index in [-0.39, 0.29) is 11.6 Å². The van der Waals surface area contributed by atoms with Crippen molar-refractivity contribution in [3.8, 4) is 0 Å². The van der Waals surface area contributed by atoms with Crippen LogP contribution in [0.1, 0.15) is 67.7 Å². The maximum absolute atomic E-state index is 13.7. The Morgan fingerprint density at radius 2 is 1.69 bits per heavy atom. The van der Waals surface area contributed by atoms with Crippen LogP contribution in [0.5, 0.6) is 0 Å². The van der Waals surface area contributed by atoms with Gasteiger partial charge in [0.1, 0.15) is 11.6 Å². The SMILES string of the molecule is C=C(N)[C@H](CC(C)C)N(C(=O)[C@H](C)NC(=O)OC(C)(C)C)[C@@H](C(=O)OC)C(CCC)OC. The Bertz CT molecular complexity index is 644. The van der Waals surface area contributed by atoms with E-state index in [1.165, 1.54) is 26.0 Å². The monoisotopic (exact) mass is 457 g/mol. The fourth-order valence-electron chi connectivity index (χ4n) is 3.40. The van der Waals surface area contributed by atoms with E-state index in [9.17, 15) is 14.4 Å². The maximum atomic E-state index is 13.7. The van der Waals surface area contributed by atoms with Gasteiger partial charge in [-0.2, -0.15) is 0 Å². The molecule has 0 saturated carbocycles. The molecule has 4 atom stereocenters. The number of hydrogen-bond acceptors (Lipinski definition) is 7. The second-order valence-electron chi connectivity index (χ2n) is 9.36. The first-order chi connectivity index (χ1) is 14.7.